The fourth-order valence-electron chi connectivity index (χ4n) is 5.11. The van der Waals surface area contributed by atoms with Crippen LogP contribution in [0.3, 0.4) is 0 Å². The van der Waals surface area contributed by atoms with Gasteiger partial charge in [0.05, 0.1) is 23.4 Å². The van der Waals surface area contributed by atoms with Gasteiger partial charge in [-0.25, -0.2) is 4.79 Å². The van der Waals surface area contributed by atoms with Gasteiger partial charge in [0.25, 0.3) is 11.8 Å². The molecule has 6 rings (SSSR count). The normalized spacial score (nSPS) is 25.5. The number of amides is 2. The molecule has 2 bridgehead atoms. The SMILES string of the molecule is CC1Oc2c(C(=O)NC3CN4CCC3CC4)cc(Cl)cc2N(Cc2ccc(C(=O)O)cc2)C1=O. The number of carboxylic acids is 1. The first kappa shape index (κ1) is 22.7. The number of carbonyl (C=O) groups is 3. The van der Waals surface area contributed by atoms with Crippen LogP contribution in [0, 0.1) is 5.92 Å². The first-order valence-corrected chi connectivity index (χ1v) is 11.8. The van der Waals surface area contributed by atoms with Crippen molar-refractivity contribution in [3.8, 4) is 5.75 Å². The highest BCUT2D eigenvalue weighted by molar-refractivity contribution is 6.31. The summed E-state index contributed by atoms with van der Waals surface area (Å²) in [5.41, 5.74) is 1.65. The third kappa shape index (κ3) is 4.23. The van der Waals surface area contributed by atoms with E-state index in [-0.39, 0.29) is 30.0 Å². The molecule has 0 spiro atoms. The zero-order valence-electron chi connectivity index (χ0n) is 18.8. The maximum atomic E-state index is 13.3. The molecule has 0 radical (unpaired) electrons. The number of hydrogen-bond donors (Lipinski definition) is 2. The van der Waals surface area contributed by atoms with Gasteiger partial charge in [-0.1, -0.05) is 23.7 Å². The van der Waals surface area contributed by atoms with Gasteiger partial charge in [-0.05, 0) is 68.6 Å². The number of piperidine rings is 3. The molecule has 0 aliphatic carbocycles. The van der Waals surface area contributed by atoms with Crippen LogP contribution in [0.2, 0.25) is 5.02 Å². The third-order valence-electron chi connectivity index (χ3n) is 6.99. The number of carboxylic acid groups (broad SMARTS) is 1. The number of nitrogens with zero attached hydrogens (tertiary/aromatic N) is 2. The van der Waals surface area contributed by atoms with E-state index in [1.165, 1.54) is 17.0 Å². The van der Waals surface area contributed by atoms with Crippen LogP contribution in [-0.4, -0.2) is 59.6 Å². The molecule has 4 aliphatic heterocycles. The first-order chi connectivity index (χ1) is 16.3. The summed E-state index contributed by atoms with van der Waals surface area (Å²) in [6, 6.07) is 9.62. The van der Waals surface area contributed by atoms with Gasteiger partial charge in [0.1, 0.15) is 0 Å². The molecule has 2 aromatic rings. The molecule has 9 heteroatoms. The monoisotopic (exact) mass is 483 g/mol. The second-order valence-electron chi connectivity index (χ2n) is 9.21. The van der Waals surface area contributed by atoms with Crippen molar-refractivity contribution < 1.29 is 24.2 Å². The van der Waals surface area contributed by atoms with Crippen molar-refractivity contribution in [1.82, 2.24) is 10.2 Å². The molecule has 4 aliphatic rings. The summed E-state index contributed by atoms with van der Waals surface area (Å²) in [6.45, 7) is 4.84. The van der Waals surface area contributed by atoms with Gasteiger partial charge in [-0.2, -0.15) is 0 Å². The topological polar surface area (TPSA) is 99.2 Å². The van der Waals surface area contributed by atoms with Crippen molar-refractivity contribution in [2.24, 2.45) is 5.92 Å². The number of halogens is 1. The molecule has 34 heavy (non-hydrogen) atoms. The number of ether oxygens (including phenoxy) is 1. The van der Waals surface area contributed by atoms with Crippen LogP contribution in [0.4, 0.5) is 5.69 Å². The van der Waals surface area contributed by atoms with E-state index in [0.717, 1.165) is 38.0 Å². The molecule has 8 nitrogen and oxygen atoms in total. The van der Waals surface area contributed by atoms with E-state index in [1.54, 1.807) is 31.2 Å². The van der Waals surface area contributed by atoms with E-state index >= 15 is 0 Å². The quantitative estimate of drug-likeness (QED) is 0.677. The largest absolute Gasteiger partial charge is 0.478 e. The van der Waals surface area contributed by atoms with E-state index in [0.29, 0.717) is 27.9 Å². The summed E-state index contributed by atoms with van der Waals surface area (Å²) in [6.07, 6.45) is 1.37. The van der Waals surface area contributed by atoms with Crippen molar-refractivity contribution >= 4 is 35.1 Å². The highest BCUT2D eigenvalue weighted by Crippen LogP contribution is 2.41. The van der Waals surface area contributed by atoms with Crippen LogP contribution < -0.4 is 15.0 Å². The van der Waals surface area contributed by atoms with E-state index in [4.69, 9.17) is 21.4 Å². The van der Waals surface area contributed by atoms with Gasteiger partial charge >= 0.3 is 5.97 Å². The predicted molar refractivity (Wildman–Crippen MR) is 127 cm³/mol. The number of hydrogen-bond acceptors (Lipinski definition) is 5. The Hall–Kier alpha value is -3.10. The van der Waals surface area contributed by atoms with E-state index in [2.05, 4.69) is 10.2 Å². The van der Waals surface area contributed by atoms with Crippen molar-refractivity contribution in [3.05, 3.63) is 58.1 Å². The van der Waals surface area contributed by atoms with Gasteiger partial charge < -0.3 is 25.0 Å². The molecule has 4 heterocycles. The van der Waals surface area contributed by atoms with Crippen LogP contribution in [0.5, 0.6) is 5.75 Å². The molecule has 0 aromatic heterocycles. The molecule has 3 fully saturated rings. The Morgan fingerprint density at radius 2 is 1.88 bits per heavy atom. The van der Waals surface area contributed by atoms with Crippen LogP contribution in [0.25, 0.3) is 0 Å². The maximum Gasteiger partial charge on any atom is 0.335 e. The van der Waals surface area contributed by atoms with Crippen molar-refractivity contribution in [1.29, 1.82) is 0 Å². The number of anilines is 1. The number of fused-ring (bicyclic) bond motifs is 4. The Morgan fingerprint density at radius 1 is 1.18 bits per heavy atom. The fourth-order valence-corrected chi connectivity index (χ4v) is 5.32. The number of benzene rings is 2. The molecule has 0 saturated carbocycles. The Bertz CT molecular complexity index is 1140. The Kier molecular flexibility index (Phi) is 5.95. The second kappa shape index (κ2) is 8.92. The maximum absolute atomic E-state index is 13.3. The van der Waals surface area contributed by atoms with E-state index < -0.39 is 12.1 Å². The zero-order valence-corrected chi connectivity index (χ0v) is 19.5. The lowest BCUT2D eigenvalue weighted by molar-refractivity contribution is -0.125. The minimum absolute atomic E-state index is 0.0798. The molecule has 2 aromatic carbocycles. The molecule has 2 unspecified atom stereocenters. The molecular formula is C25H26ClN3O5. The summed E-state index contributed by atoms with van der Waals surface area (Å²) < 4.78 is 5.92. The minimum Gasteiger partial charge on any atom is -0.478 e. The molecule has 2 atom stereocenters. The van der Waals surface area contributed by atoms with Crippen LogP contribution in [0.1, 0.15) is 46.0 Å². The molecule has 2 N–H and O–H groups in total. The molecule has 178 valence electrons. The molecule has 2 amide bonds. The lowest BCUT2D eigenvalue weighted by atomic mass is 9.84. The Labute approximate surface area is 202 Å². The third-order valence-corrected chi connectivity index (χ3v) is 7.21. The summed E-state index contributed by atoms with van der Waals surface area (Å²) in [5, 5.41) is 12.6. The van der Waals surface area contributed by atoms with Crippen LogP contribution in [-0.2, 0) is 11.3 Å². The minimum atomic E-state index is -1.02. The van der Waals surface area contributed by atoms with Crippen molar-refractivity contribution in [2.75, 3.05) is 24.5 Å². The average Bonchev–Trinajstić information content (AvgIpc) is 2.83. The second-order valence-corrected chi connectivity index (χ2v) is 9.64. The highest BCUT2D eigenvalue weighted by atomic mass is 35.5. The van der Waals surface area contributed by atoms with Gasteiger partial charge in [-0.15, -0.1) is 0 Å². The van der Waals surface area contributed by atoms with Gasteiger partial charge in [0.2, 0.25) is 0 Å². The number of rotatable bonds is 5. The molecule has 3 saturated heterocycles. The van der Waals surface area contributed by atoms with Gasteiger partial charge in [0, 0.05) is 17.6 Å². The van der Waals surface area contributed by atoms with Crippen molar-refractivity contribution in [3.63, 3.8) is 0 Å². The summed E-state index contributed by atoms with van der Waals surface area (Å²) >= 11 is 6.39. The highest BCUT2D eigenvalue weighted by Gasteiger charge is 2.38. The van der Waals surface area contributed by atoms with Crippen LogP contribution in [0.15, 0.2) is 36.4 Å². The summed E-state index contributed by atoms with van der Waals surface area (Å²) in [5.74, 6) is -0.739. The summed E-state index contributed by atoms with van der Waals surface area (Å²) in [7, 11) is 0. The fraction of sp³-hybridized carbons (Fsp3) is 0.400. The van der Waals surface area contributed by atoms with Crippen molar-refractivity contribution in [2.45, 2.75) is 38.5 Å². The van der Waals surface area contributed by atoms with Gasteiger partial charge in [-0.3, -0.25) is 9.59 Å². The molecular weight excluding hydrogens is 458 g/mol. The standard InChI is InChI=1S/C25H26ClN3O5/c1-14-24(31)29(12-15-2-4-17(5-3-15)25(32)33)21-11-18(26)10-19(22(21)34-14)23(30)27-20-13-28-8-6-16(20)7-9-28/h2-5,10-11,14,16,20H,6-9,12-13H2,1H3,(H,27,30)(H,32,33). The number of aromatic carboxylic acids is 1. The van der Waals surface area contributed by atoms with E-state index in [9.17, 15) is 14.4 Å². The average molecular weight is 484 g/mol. The lowest BCUT2D eigenvalue weighted by Gasteiger charge is -2.45. The van der Waals surface area contributed by atoms with Gasteiger partial charge in [0.15, 0.2) is 11.9 Å². The smallest absolute Gasteiger partial charge is 0.335 e. The lowest BCUT2D eigenvalue weighted by Crippen LogP contribution is -2.57. The Morgan fingerprint density at radius 3 is 2.50 bits per heavy atom. The number of nitrogens with one attached hydrogen (secondary N) is 1. The first-order valence-electron chi connectivity index (χ1n) is 11.5. The Balaban J connectivity index is 1.44. The zero-order chi connectivity index (χ0) is 24.0. The predicted octanol–water partition coefficient (Wildman–Crippen LogP) is 3.18. The van der Waals surface area contributed by atoms with E-state index in [1.807, 2.05) is 0 Å². The number of carbonyl (C=O) groups excluding carboxylic acids is 2. The van der Waals surface area contributed by atoms with Crippen LogP contribution >= 0.6 is 11.6 Å². The summed E-state index contributed by atoms with van der Waals surface area (Å²) in [4.78, 5) is 41.4.